The minimum atomic E-state index is -5.10. The van der Waals surface area contributed by atoms with Crippen LogP contribution in [0.3, 0.4) is 0 Å². The Morgan fingerprint density at radius 3 is 1.82 bits per heavy atom. The molecule has 13 heteroatoms. The van der Waals surface area contributed by atoms with Crippen LogP contribution in [0.4, 0.5) is 42.5 Å². The first-order valence-corrected chi connectivity index (χ1v) is 8.82. The molecular weight excluding hydrogens is 417 g/mol. The fraction of sp³-hybridized carbons (Fsp3) is 0.133. The number of hydrogen-bond donors (Lipinski definition) is 4. The zero-order chi connectivity index (χ0) is 21.3. The highest BCUT2D eigenvalue weighted by Crippen LogP contribution is 2.38. The zero-order valence-electron chi connectivity index (χ0n) is 13.5. The second-order valence-corrected chi connectivity index (χ2v) is 7.00. The Bertz CT molecular complexity index is 907. The molecule has 6 nitrogen and oxygen atoms in total. The van der Waals surface area contributed by atoms with Crippen LogP contribution in [0.5, 0.6) is 0 Å². The molecule has 0 aliphatic heterocycles. The number of halogens is 6. The molecule has 28 heavy (non-hydrogen) atoms. The SMILES string of the molecule is O=C(Nc1cc(C(F)(F)F)cc(C(F)(F)F)c1)Nc1ccccc1P(=O)(O)O. The minimum absolute atomic E-state index is 0.105. The third kappa shape index (κ3) is 5.47. The van der Waals surface area contributed by atoms with Crippen LogP contribution in [0.25, 0.3) is 0 Å². The molecule has 0 radical (unpaired) electrons. The van der Waals surface area contributed by atoms with E-state index in [1.807, 2.05) is 5.32 Å². The van der Waals surface area contributed by atoms with Gasteiger partial charge in [-0.2, -0.15) is 26.3 Å². The number of hydrogen-bond acceptors (Lipinski definition) is 2. The lowest BCUT2D eigenvalue weighted by atomic mass is 10.1. The molecule has 4 N–H and O–H groups in total. The number of carbonyl (C=O) groups is 1. The van der Waals surface area contributed by atoms with Crippen molar-refractivity contribution in [3.05, 3.63) is 53.6 Å². The van der Waals surface area contributed by atoms with Gasteiger partial charge in [0.1, 0.15) is 0 Å². The van der Waals surface area contributed by atoms with Gasteiger partial charge in [0, 0.05) is 5.69 Å². The Kier molecular flexibility index (Phi) is 5.79. The summed E-state index contributed by atoms with van der Waals surface area (Å²) in [6.45, 7) is 0. The van der Waals surface area contributed by atoms with Crippen molar-refractivity contribution >= 4 is 30.3 Å². The maximum Gasteiger partial charge on any atom is 0.416 e. The summed E-state index contributed by atoms with van der Waals surface area (Å²) in [4.78, 5) is 30.4. The van der Waals surface area contributed by atoms with Crippen molar-refractivity contribution in [3.8, 4) is 0 Å². The number of amides is 2. The number of para-hydroxylation sites is 1. The van der Waals surface area contributed by atoms with Crippen LogP contribution >= 0.6 is 7.60 Å². The van der Waals surface area contributed by atoms with Gasteiger partial charge in [0.05, 0.1) is 22.1 Å². The average molecular weight is 428 g/mol. The fourth-order valence-corrected chi connectivity index (χ4v) is 2.87. The third-order valence-corrected chi connectivity index (χ3v) is 4.33. The maximum atomic E-state index is 12.8. The lowest BCUT2D eigenvalue weighted by Crippen LogP contribution is -2.24. The summed E-state index contributed by atoms with van der Waals surface area (Å²) in [6.07, 6.45) is -10.2. The van der Waals surface area contributed by atoms with Crippen molar-refractivity contribution in [3.63, 3.8) is 0 Å². The van der Waals surface area contributed by atoms with Crippen molar-refractivity contribution in [2.45, 2.75) is 12.4 Å². The number of anilines is 2. The molecule has 0 atom stereocenters. The number of alkyl halides is 6. The standard InChI is InChI=1S/C15H11F6N2O4P/c16-14(17,18)8-5-9(15(19,20)21)7-10(6-8)22-13(24)23-11-3-1-2-4-12(11)28(25,26)27/h1-7H,(H2,22,23,24)(H2,25,26,27). The summed E-state index contributed by atoms with van der Waals surface area (Å²) in [5.74, 6) is 0. The average Bonchev–Trinajstić information content (AvgIpc) is 2.52. The lowest BCUT2D eigenvalue weighted by molar-refractivity contribution is -0.143. The van der Waals surface area contributed by atoms with E-state index in [-0.39, 0.29) is 11.8 Å². The summed E-state index contributed by atoms with van der Waals surface area (Å²) in [7, 11) is -4.79. The van der Waals surface area contributed by atoms with Crippen LogP contribution < -0.4 is 15.9 Å². The highest BCUT2D eigenvalue weighted by atomic mass is 31.2. The van der Waals surface area contributed by atoms with Crippen molar-refractivity contribution in [2.24, 2.45) is 0 Å². The van der Waals surface area contributed by atoms with Crippen LogP contribution in [0, 0.1) is 0 Å². The van der Waals surface area contributed by atoms with Gasteiger partial charge in [0.25, 0.3) is 0 Å². The Morgan fingerprint density at radius 1 is 0.857 bits per heavy atom. The van der Waals surface area contributed by atoms with Crippen LogP contribution in [0.1, 0.15) is 11.1 Å². The van der Waals surface area contributed by atoms with Crippen molar-refractivity contribution in [1.29, 1.82) is 0 Å². The Hall–Kier alpha value is -2.56. The molecule has 2 amide bonds. The topological polar surface area (TPSA) is 98.7 Å². The summed E-state index contributed by atoms with van der Waals surface area (Å²) < 4.78 is 88.3. The molecule has 2 rings (SSSR count). The van der Waals surface area contributed by atoms with E-state index < -0.39 is 48.1 Å². The smallest absolute Gasteiger partial charge is 0.321 e. The summed E-state index contributed by atoms with van der Waals surface area (Å²) >= 11 is 0. The van der Waals surface area contributed by atoms with E-state index >= 15 is 0 Å². The molecular formula is C15H11F6N2O4P. The molecule has 0 heterocycles. The van der Waals surface area contributed by atoms with Gasteiger partial charge >= 0.3 is 26.0 Å². The van der Waals surface area contributed by atoms with E-state index in [1.54, 1.807) is 5.32 Å². The third-order valence-electron chi connectivity index (χ3n) is 3.31. The van der Waals surface area contributed by atoms with E-state index in [0.29, 0.717) is 12.1 Å². The van der Waals surface area contributed by atoms with Gasteiger partial charge in [-0.15, -0.1) is 0 Å². The maximum absolute atomic E-state index is 12.8. The quantitative estimate of drug-likeness (QED) is 0.436. The molecule has 152 valence electrons. The zero-order valence-corrected chi connectivity index (χ0v) is 14.4. The highest BCUT2D eigenvalue weighted by Gasteiger charge is 2.37. The lowest BCUT2D eigenvalue weighted by Gasteiger charge is -2.16. The number of benzene rings is 2. The minimum Gasteiger partial charge on any atom is -0.321 e. The molecule has 2 aromatic rings. The molecule has 0 spiro atoms. The van der Waals surface area contributed by atoms with E-state index in [1.165, 1.54) is 12.1 Å². The predicted molar refractivity (Wildman–Crippen MR) is 87.2 cm³/mol. The predicted octanol–water partition coefficient (Wildman–Crippen LogP) is 4.17. The first kappa shape index (κ1) is 21.7. The van der Waals surface area contributed by atoms with Gasteiger partial charge in [-0.05, 0) is 30.3 Å². The van der Waals surface area contributed by atoms with Crippen LogP contribution in [-0.4, -0.2) is 15.8 Å². The molecule has 0 bridgehead atoms. The van der Waals surface area contributed by atoms with E-state index in [2.05, 4.69) is 0 Å². The highest BCUT2D eigenvalue weighted by molar-refractivity contribution is 7.60. The Balaban J connectivity index is 2.34. The number of nitrogens with one attached hydrogen (secondary N) is 2. The molecule has 0 aromatic heterocycles. The second-order valence-electron chi connectivity index (χ2n) is 5.43. The van der Waals surface area contributed by atoms with E-state index in [9.17, 15) is 45.5 Å². The first-order chi connectivity index (χ1) is 12.7. The van der Waals surface area contributed by atoms with Crippen molar-refractivity contribution in [1.82, 2.24) is 0 Å². The van der Waals surface area contributed by atoms with Crippen molar-refractivity contribution in [2.75, 3.05) is 10.6 Å². The summed E-state index contributed by atoms with van der Waals surface area (Å²) in [6, 6.07) is 3.86. The summed E-state index contributed by atoms with van der Waals surface area (Å²) in [5.41, 5.74) is -4.44. The number of urea groups is 1. The Morgan fingerprint density at radius 2 is 1.36 bits per heavy atom. The van der Waals surface area contributed by atoms with Gasteiger partial charge < -0.3 is 20.4 Å². The van der Waals surface area contributed by atoms with Gasteiger partial charge in [0.15, 0.2) is 0 Å². The van der Waals surface area contributed by atoms with Crippen molar-refractivity contribution < 1.29 is 45.5 Å². The van der Waals surface area contributed by atoms with E-state index in [4.69, 9.17) is 0 Å². The summed E-state index contributed by atoms with van der Waals surface area (Å²) in [5, 5.41) is 3.19. The number of rotatable bonds is 3. The van der Waals surface area contributed by atoms with Gasteiger partial charge in [-0.3, -0.25) is 4.57 Å². The fourth-order valence-electron chi connectivity index (χ4n) is 2.15. The van der Waals surface area contributed by atoms with E-state index in [0.717, 1.165) is 12.1 Å². The second kappa shape index (κ2) is 7.46. The largest absolute Gasteiger partial charge is 0.416 e. The van der Waals surface area contributed by atoms with Gasteiger partial charge in [-0.1, -0.05) is 12.1 Å². The van der Waals surface area contributed by atoms with Crippen LogP contribution in [0.2, 0.25) is 0 Å². The number of carbonyl (C=O) groups excluding carboxylic acids is 1. The normalized spacial score (nSPS) is 12.6. The van der Waals surface area contributed by atoms with Gasteiger partial charge in [0.2, 0.25) is 0 Å². The first-order valence-electron chi connectivity index (χ1n) is 7.20. The molecule has 0 saturated carbocycles. The van der Waals surface area contributed by atoms with Crippen LogP contribution in [-0.2, 0) is 16.9 Å². The molecule has 0 fully saturated rings. The molecule has 0 aliphatic carbocycles. The monoisotopic (exact) mass is 428 g/mol. The molecule has 2 aromatic carbocycles. The molecule has 0 aliphatic rings. The van der Waals surface area contributed by atoms with Crippen LogP contribution in [0.15, 0.2) is 42.5 Å². The molecule has 0 unspecified atom stereocenters. The molecule has 0 saturated heterocycles. The Labute approximate surface area is 153 Å². The van der Waals surface area contributed by atoms with Gasteiger partial charge in [-0.25, -0.2) is 4.79 Å².